The fourth-order valence-corrected chi connectivity index (χ4v) is 4.83. The maximum atomic E-state index is 13.3. The topological polar surface area (TPSA) is 49.4 Å². The summed E-state index contributed by atoms with van der Waals surface area (Å²) < 4.78 is 0.866. The van der Waals surface area contributed by atoms with E-state index in [-0.39, 0.29) is 24.3 Å². The van der Waals surface area contributed by atoms with Crippen LogP contribution in [0.4, 0.5) is 0 Å². The van der Waals surface area contributed by atoms with Crippen LogP contribution in [0.25, 0.3) is 0 Å². The first-order valence-corrected chi connectivity index (χ1v) is 12.4. The van der Waals surface area contributed by atoms with Crippen LogP contribution in [0.1, 0.15) is 52.4 Å². The van der Waals surface area contributed by atoms with Crippen LogP contribution in [-0.2, 0) is 17.6 Å². The lowest BCUT2D eigenvalue weighted by Crippen LogP contribution is -2.38. The molecule has 1 aliphatic carbocycles. The summed E-state index contributed by atoms with van der Waals surface area (Å²) in [5, 5.41) is 3.21. The summed E-state index contributed by atoms with van der Waals surface area (Å²) in [7, 11) is 0. The van der Waals surface area contributed by atoms with Gasteiger partial charge in [-0.1, -0.05) is 76.6 Å². The Labute approximate surface area is 204 Å². The molecule has 1 unspecified atom stereocenters. The number of benzene rings is 3. The maximum Gasteiger partial charge on any atom is 0.253 e. The SMILES string of the molecule is O=C(CCN(CCc1ccccc1)C(=O)c1cccc(Br)c1)NC1CCCc2ccccc21. The zero-order chi connectivity index (χ0) is 23.0. The molecular weight excluding hydrogens is 476 g/mol. The van der Waals surface area contributed by atoms with Gasteiger partial charge in [-0.2, -0.15) is 0 Å². The minimum absolute atomic E-state index is 0.0107. The Morgan fingerprint density at radius 1 is 0.939 bits per heavy atom. The number of fused-ring (bicyclic) bond motifs is 1. The van der Waals surface area contributed by atoms with Gasteiger partial charge in [0.2, 0.25) is 5.91 Å². The van der Waals surface area contributed by atoms with Gasteiger partial charge in [0, 0.05) is 29.5 Å². The molecule has 1 aliphatic rings. The van der Waals surface area contributed by atoms with E-state index in [0.29, 0.717) is 18.7 Å². The van der Waals surface area contributed by atoms with Crippen LogP contribution in [0.5, 0.6) is 0 Å². The van der Waals surface area contributed by atoms with Crippen LogP contribution in [0.3, 0.4) is 0 Å². The molecule has 170 valence electrons. The molecule has 0 radical (unpaired) electrons. The first-order chi connectivity index (χ1) is 16.1. The van der Waals surface area contributed by atoms with Gasteiger partial charge in [-0.05, 0) is 60.6 Å². The zero-order valence-electron chi connectivity index (χ0n) is 18.7. The van der Waals surface area contributed by atoms with Gasteiger partial charge in [0.1, 0.15) is 0 Å². The minimum Gasteiger partial charge on any atom is -0.349 e. The number of carbonyl (C=O) groups is 2. The number of amides is 2. The quantitative estimate of drug-likeness (QED) is 0.426. The molecule has 0 spiro atoms. The largest absolute Gasteiger partial charge is 0.349 e. The molecule has 4 rings (SSSR count). The summed E-state index contributed by atoms with van der Waals surface area (Å²) in [6.45, 7) is 0.952. The van der Waals surface area contributed by atoms with E-state index in [4.69, 9.17) is 0 Å². The molecule has 0 fully saturated rings. The third kappa shape index (κ3) is 6.32. The monoisotopic (exact) mass is 504 g/mol. The van der Waals surface area contributed by atoms with Gasteiger partial charge >= 0.3 is 0 Å². The van der Waals surface area contributed by atoms with Crippen molar-refractivity contribution in [3.8, 4) is 0 Å². The van der Waals surface area contributed by atoms with Crippen LogP contribution in [0.2, 0.25) is 0 Å². The predicted molar refractivity (Wildman–Crippen MR) is 135 cm³/mol. The Morgan fingerprint density at radius 3 is 2.55 bits per heavy atom. The molecule has 0 saturated heterocycles. The number of hydrogen-bond acceptors (Lipinski definition) is 2. The van der Waals surface area contributed by atoms with Crippen molar-refractivity contribution in [3.63, 3.8) is 0 Å². The van der Waals surface area contributed by atoms with Crippen molar-refractivity contribution < 1.29 is 9.59 Å². The van der Waals surface area contributed by atoms with Crippen LogP contribution in [0.15, 0.2) is 83.3 Å². The number of carbonyl (C=O) groups excluding carboxylic acids is 2. The van der Waals surface area contributed by atoms with E-state index in [2.05, 4.69) is 51.6 Å². The van der Waals surface area contributed by atoms with E-state index in [1.54, 1.807) is 4.90 Å². The average Bonchev–Trinajstić information content (AvgIpc) is 2.84. The predicted octanol–water partition coefficient (Wildman–Crippen LogP) is 5.72. The van der Waals surface area contributed by atoms with Crippen molar-refractivity contribution in [2.75, 3.05) is 13.1 Å². The highest BCUT2D eigenvalue weighted by Crippen LogP contribution is 2.29. The van der Waals surface area contributed by atoms with E-state index in [1.807, 2.05) is 48.5 Å². The van der Waals surface area contributed by atoms with Crippen molar-refractivity contribution in [2.45, 2.75) is 38.1 Å². The molecule has 3 aromatic rings. The molecular formula is C28H29BrN2O2. The van der Waals surface area contributed by atoms with E-state index in [1.165, 1.54) is 16.7 Å². The fourth-order valence-electron chi connectivity index (χ4n) is 4.43. The number of nitrogens with zero attached hydrogens (tertiary/aromatic N) is 1. The number of rotatable bonds is 8. The van der Waals surface area contributed by atoms with E-state index in [0.717, 1.165) is 30.2 Å². The smallest absolute Gasteiger partial charge is 0.253 e. The maximum absolute atomic E-state index is 13.3. The molecule has 1 atom stereocenters. The fraction of sp³-hybridized carbons (Fsp3) is 0.286. The van der Waals surface area contributed by atoms with Crippen molar-refractivity contribution >= 4 is 27.7 Å². The zero-order valence-corrected chi connectivity index (χ0v) is 20.3. The van der Waals surface area contributed by atoms with E-state index >= 15 is 0 Å². The van der Waals surface area contributed by atoms with Crippen LogP contribution in [0, 0.1) is 0 Å². The molecule has 0 aromatic heterocycles. The van der Waals surface area contributed by atoms with Gasteiger partial charge in [0.25, 0.3) is 5.91 Å². The molecule has 0 aliphatic heterocycles. The Balaban J connectivity index is 1.41. The van der Waals surface area contributed by atoms with Crippen LogP contribution < -0.4 is 5.32 Å². The van der Waals surface area contributed by atoms with Crippen molar-refractivity contribution in [1.29, 1.82) is 0 Å². The Hall–Kier alpha value is -2.92. The summed E-state index contributed by atoms with van der Waals surface area (Å²) in [5.41, 5.74) is 4.35. The summed E-state index contributed by atoms with van der Waals surface area (Å²) in [6.07, 6.45) is 4.13. The standard InChI is InChI=1S/C28H29BrN2O2/c29-24-13-6-12-23(20-24)28(33)31(18-16-21-8-2-1-3-9-21)19-17-27(32)30-26-15-7-11-22-10-4-5-14-25(22)26/h1-6,8-10,12-14,20,26H,7,11,15-19H2,(H,30,32). The van der Waals surface area contributed by atoms with Gasteiger partial charge in [-0.3, -0.25) is 9.59 Å². The highest BCUT2D eigenvalue weighted by molar-refractivity contribution is 9.10. The first kappa shape index (κ1) is 23.2. The molecule has 33 heavy (non-hydrogen) atoms. The van der Waals surface area contributed by atoms with E-state index < -0.39 is 0 Å². The van der Waals surface area contributed by atoms with E-state index in [9.17, 15) is 9.59 Å². The van der Waals surface area contributed by atoms with Crippen molar-refractivity contribution in [3.05, 3.63) is 106 Å². The third-order valence-electron chi connectivity index (χ3n) is 6.19. The van der Waals surface area contributed by atoms with Gasteiger partial charge in [0.15, 0.2) is 0 Å². The lowest BCUT2D eigenvalue weighted by Gasteiger charge is -2.27. The van der Waals surface area contributed by atoms with Gasteiger partial charge in [-0.25, -0.2) is 0 Å². The summed E-state index contributed by atoms with van der Waals surface area (Å²) in [6, 6.07) is 26.0. The summed E-state index contributed by atoms with van der Waals surface area (Å²) in [5.74, 6) is -0.0634. The molecule has 5 heteroatoms. The lowest BCUT2D eigenvalue weighted by molar-refractivity contribution is -0.122. The second-order valence-corrected chi connectivity index (χ2v) is 9.41. The van der Waals surface area contributed by atoms with Gasteiger partial charge in [-0.15, -0.1) is 0 Å². The number of halogens is 1. The molecule has 2 amide bonds. The number of aryl methyl sites for hydroxylation is 1. The van der Waals surface area contributed by atoms with Crippen molar-refractivity contribution in [1.82, 2.24) is 10.2 Å². The highest BCUT2D eigenvalue weighted by Gasteiger charge is 2.22. The van der Waals surface area contributed by atoms with Crippen LogP contribution in [-0.4, -0.2) is 29.8 Å². The summed E-state index contributed by atoms with van der Waals surface area (Å²) >= 11 is 3.45. The lowest BCUT2D eigenvalue weighted by atomic mass is 9.87. The molecule has 0 bridgehead atoms. The molecule has 3 aromatic carbocycles. The average molecular weight is 505 g/mol. The number of hydrogen-bond donors (Lipinski definition) is 1. The molecule has 1 N–H and O–H groups in total. The molecule has 0 heterocycles. The minimum atomic E-state index is -0.0527. The van der Waals surface area contributed by atoms with Gasteiger partial charge in [0.05, 0.1) is 6.04 Å². The van der Waals surface area contributed by atoms with Crippen LogP contribution >= 0.6 is 15.9 Å². The Morgan fingerprint density at radius 2 is 1.73 bits per heavy atom. The molecule has 0 saturated carbocycles. The highest BCUT2D eigenvalue weighted by atomic mass is 79.9. The van der Waals surface area contributed by atoms with Gasteiger partial charge < -0.3 is 10.2 Å². The summed E-state index contributed by atoms with van der Waals surface area (Å²) in [4.78, 5) is 27.9. The number of nitrogens with one attached hydrogen (secondary N) is 1. The third-order valence-corrected chi connectivity index (χ3v) is 6.68. The van der Waals surface area contributed by atoms with Crippen molar-refractivity contribution in [2.24, 2.45) is 0 Å². The molecule has 4 nitrogen and oxygen atoms in total. The Bertz CT molecular complexity index is 1100. The first-order valence-electron chi connectivity index (χ1n) is 11.6. The Kier molecular flexibility index (Phi) is 7.95. The second-order valence-electron chi connectivity index (χ2n) is 8.50. The normalized spacial score (nSPS) is 14.9. The second kappa shape index (κ2) is 11.3.